The van der Waals surface area contributed by atoms with Crippen LogP contribution in [0, 0.1) is 0 Å². The number of ether oxygens (including phenoxy) is 1. The van der Waals surface area contributed by atoms with Crippen molar-refractivity contribution in [3.8, 4) is 5.75 Å². The summed E-state index contributed by atoms with van der Waals surface area (Å²) in [7, 11) is 0. The molecule has 1 N–H and O–H groups in total. The van der Waals surface area contributed by atoms with Gasteiger partial charge in [-0.3, -0.25) is 0 Å². The number of rotatable bonds is 5. The molecule has 0 radical (unpaired) electrons. The van der Waals surface area contributed by atoms with Crippen molar-refractivity contribution in [1.29, 1.82) is 0 Å². The monoisotopic (exact) mass is 427 g/mol. The van der Waals surface area contributed by atoms with Crippen molar-refractivity contribution in [3.05, 3.63) is 22.2 Å². The van der Waals surface area contributed by atoms with Gasteiger partial charge in [-0.15, -0.1) is 0 Å². The highest BCUT2D eigenvalue weighted by Crippen LogP contribution is 2.38. The summed E-state index contributed by atoms with van der Waals surface area (Å²) in [5.41, 5.74) is 2.98. The average molecular weight is 428 g/mol. The standard InChI is InChI=1S/C15H17Cl2F2N3O3S/c1-8-20-21(15(23)22(8)25-14(18)19)12-7-13(11(17)6-10(12)16)24-9-2-4-26-5-3-9/h6-9,14,20H,2-5H2,1H3. The van der Waals surface area contributed by atoms with Gasteiger partial charge in [-0.05, 0) is 37.3 Å². The molecule has 2 saturated heterocycles. The van der Waals surface area contributed by atoms with E-state index in [1.807, 2.05) is 11.8 Å². The van der Waals surface area contributed by atoms with Crippen LogP contribution < -0.4 is 15.2 Å². The molecule has 6 nitrogen and oxygen atoms in total. The third kappa shape index (κ3) is 4.28. The largest absolute Gasteiger partial charge is 0.489 e. The van der Waals surface area contributed by atoms with Gasteiger partial charge in [0, 0.05) is 6.07 Å². The summed E-state index contributed by atoms with van der Waals surface area (Å²) in [6.07, 6.45) is 1.02. The predicted molar refractivity (Wildman–Crippen MR) is 96.8 cm³/mol. The number of thioether (sulfide) groups is 1. The zero-order valence-corrected chi connectivity index (χ0v) is 16.1. The Morgan fingerprint density at radius 1 is 1.27 bits per heavy atom. The topological polar surface area (TPSA) is 54.0 Å². The molecular weight excluding hydrogens is 411 g/mol. The Morgan fingerprint density at radius 2 is 1.96 bits per heavy atom. The number of hydrazine groups is 1. The number of carbonyl (C=O) groups is 1. The van der Waals surface area contributed by atoms with Crippen LogP contribution in [0.3, 0.4) is 0 Å². The predicted octanol–water partition coefficient (Wildman–Crippen LogP) is 4.51. The summed E-state index contributed by atoms with van der Waals surface area (Å²) in [5.74, 6) is 2.40. The molecule has 11 heteroatoms. The first-order valence-electron chi connectivity index (χ1n) is 7.94. The summed E-state index contributed by atoms with van der Waals surface area (Å²) in [6.45, 7) is -1.62. The molecule has 0 saturated carbocycles. The van der Waals surface area contributed by atoms with Gasteiger partial charge >= 0.3 is 12.6 Å². The first kappa shape index (κ1) is 19.8. The lowest BCUT2D eigenvalue weighted by Crippen LogP contribution is -2.36. The van der Waals surface area contributed by atoms with Crippen LogP contribution in [0.4, 0.5) is 19.3 Å². The lowest BCUT2D eigenvalue weighted by Gasteiger charge is -2.25. The van der Waals surface area contributed by atoms with E-state index >= 15 is 0 Å². The third-order valence-electron chi connectivity index (χ3n) is 3.94. The number of amides is 2. The molecule has 0 aliphatic carbocycles. The number of benzene rings is 1. The first-order valence-corrected chi connectivity index (χ1v) is 9.85. The number of anilines is 1. The zero-order valence-electron chi connectivity index (χ0n) is 13.8. The molecule has 1 unspecified atom stereocenters. The molecule has 2 aliphatic rings. The second kappa shape index (κ2) is 8.35. The highest BCUT2D eigenvalue weighted by molar-refractivity contribution is 7.99. The lowest BCUT2D eigenvalue weighted by molar-refractivity contribution is -0.263. The second-order valence-electron chi connectivity index (χ2n) is 5.78. The maximum atomic E-state index is 12.5. The van der Waals surface area contributed by atoms with Gasteiger partial charge in [0.1, 0.15) is 18.0 Å². The number of hydroxylamine groups is 2. The summed E-state index contributed by atoms with van der Waals surface area (Å²) >= 11 is 14.3. The fourth-order valence-electron chi connectivity index (χ4n) is 2.71. The number of halogens is 4. The number of hydrogen-bond donors (Lipinski definition) is 1. The van der Waals surface area contributed by atoms with Crippen LogP contribution in [-0.4, -0.2) is 41.5 Å². The van der Waals surface area contributed by atoms with E-state index in [-0.39, 0.29) is 16.8 Å². The Balaban J connectivity index is 1.83. The van der Waals surface area contributed by atoms with Crippen molar-refractivity contribution >= 4 is 46.7 Å². The molecule has 1 aromatic rings. The van der Waals surface area contributed by atoms with E-state index in [0.29, 0.717) is 15.8 Å². The molecule has 2 aliphatic heterocycles. The molecule has 26 heavy (non-hydrogen) atoms. The first-order chi connectivity index (χ1) is 12.4. The summed E-state index contributed by atoms with van der Waals surface area (Å²) in [6, 6.07) is 2.17. The van der Waals surface area contributed by atoms with Crippen LogP contribution in [-0.2, 0) is 4.84 Å². The summed E-state index contributed by atoms with van der Waals surface area (Å²) < 4.78 is 30.9. The highest BCUT2D eigenvalue weighted by atomic mass is 35.5. The van der Waals surface area contributed by atoms with Gasteiger partial charge in [-0.1, -0.05) is 23.2 Å². The molecule has 2 amide bonds. The van der Waals surface area contributed by atoms with Crippen molar-refractivity contribution in [1.82, 2.24) is 10.5 Å². The van der Waals surface area contributed by atoms with Crippen molar-refractivity contribution in [2.24, 2.45) is 0 Å². The molecule has 1 aromatic carbocycles. The van der Waals surface area contributed by atoms with Crippen molar-refractivity contribution < 1.29 is 23.1 Å². The van der Waals surface area contributed by atoms with Gasteiger partial charge in [-0.25, -0.2) is 15.2 Å². The van der Waals surface area contributed by atoms with Gasteiger partial charge in [0.15, 0.2) is 0 Å². The smallest absolute Gasteiger partial charge is 0.365 e. The average Bonchev–Trinajstić information content (AvgIpc) is 2.86. The minimum absolute atomic E-state index is 0.0302. The van der Waals surface area contributed by atoms with Crippen LogP contribution in [0.15, 0.2) is 12.1 Å². The molecule has 2 heterocycles. The minimum Gasteiger partial charge on any atom is -0.489 e. The number of urea groups is 1. The number of nitrogens with one attached hydrogen (secondary N) is 1. The van der Waals surface area contributed by atoms with Gasteiger partial charge in [-0.2, -0.15) is 30.4 Å². The highest BCUT2D eigenvalue weighted by Gasteiger charge is 2.39. The Bertz CT molecular complexity index is 680. The van der Waals surface area contributed by atoms with E-state index in [1.54, 1.807) is 0 Å². The van der Waals surface area contributed by atoms with Crippen LogP contribution in [0.2, 0.25) is 10.0 Å². The Morgan fingerprint density at radius 3 is 2.62 bits per heavy atom. The van der Waals surface area contributed by atoms with Crippen LogP contribution in [0.1, 0.15) is 19.8 Å². The van der Waals surface area contributed by atoms with Crippen molar-refractivity contribution in [2.45, 2.75) is 38.6 Å². The fourth-order valence-corrected chi connectivity index (χ4v) is 4.28. The maximum Gasteiger partial charge on any atom is 0.365 e. The molecule has 0 aromatic heterocycles. The van der Waals surface area contributed by atoms with E-state index < -0.39 is 18.8 Å². The molecule has 0 spiro atoms. The molecule has 0 bridgehead atoms. The van der Waals surface area contributed by atoms with E-state index in [4.69, 9.17) is 27.9 Å². The molecule has 144 valence electrons. The quantitative estimate of drug-likeness (QED) is 0.748. The zero-order chi connectivity index (χ0) is 18.8. The van der Waals surface area contributed by atoms with Gasteiger partial charge in [0.25, 0.3) is 0 Å². The van der Waals surface area contributed by atoms with E-state index in [1.165, 1.54) is 19.1 Å². The van der Waals surface area contributed by atoms with Crippen molar-refractivity contribution in [3.63, 3.8) is 0 Å². The van der Waals surface area contributed by atoms with Crippen molar-refractivity contribution in [2.75, 3.05) is 16.5 Å². The minimum atomic E-state index is -3.12. The van der Waals surface area contributed by atoms with Gasteiger partial charge in [0.2, 0.25) is 0 Å². The van der Waals surface area contributed by atoms with E-state index in [0.717, 1.165) is 29.4 Å². The number of carbonyl (C=O) groups excluding carboxylic acids is 1. The summed E-state index contributed by atoms with van der Waals surface area (Å²) in [5, 5.41) is 2.08. The van der Waals surface area contributed by atoms with Crippen LogP contribution >= 0.6 is 35.0 Å². The third-order valence-corrected chi connectivity index (χ3v) is 5.59. The lowest BCUT2D eigenvalue weighted by atomic mass is 10.2. The number of alkyl halides is 2. The van der Waals surface area contributed by atoms with E-state index in [9.17, 15) is 13.6 Å². The van der Waals surface area contributed by atoms with Crippen LogP contribution in [0.5, 0.6) is 5.75 Å². The molecular formula is C15H17Cl2F2N3O3S. The normalized spacial score (nSPS) is 21.8. The number of hydrogen-bond acceptors (Lipinski definition) is 5. The Kier molecular flexibility index (Phi) is 6.34. The number of nitrogens with zero attached hydrogens (tertiary/aromatic N) is 2. The molecule has 3 rings (SSSR count). The molecule has 1 atom stereocenters. The SMILES string of the molecule is CC1NN(c2cc(OC3CCSCC3)c(Cl)cc2Cl)C(=O)N1OC(F)F. The van der Waals surface area contributed by atoms with Gasteiger partial charge < -0.3 is 4.74 Å². The van der Waals surface area contributed by atoms with Crippen LogP contribution in [0.25, 0.3) is 0 Å². The molecule has 2 fully saturated rings. The second-order valence-corrected chi connectivity index (χ2v) is 7.82. The summed E-state index contributed by atoms with van der Waals surface area (Å²) in [4.78, 5) is 16.6. The fraction of sp³-hybridized carbons (Fsp3) is 0.533. The maximum absolute atomic E-state index is 12.5. The van der Waals surface area contributed by atoms with E-state index in [2.05, 4.69) is 10.3 Å². The Hall–Kier alpha value is -1.00. The van der Waals surface area contributed by atoms with Gasteiger partial charge in [0.05, 0.1) is 15.7 Å². The Labute approximate surface area is 163 Å².